The molecule has 37 heavy (non-hydrogen) atoms. The first kappa shape index (κ1) is 26.2. The minimum absolute atomic E-state index is 0.0433. The topological polar surface area (TPSA) is 63.7 Å². The number of ether oxygens (including phenoxy) is 2. The van der Waals surface area contributed by atoms with E-state index >= 15 is 0 Å². The lowest BCUT2D eigenvalue weighted by Crippen LogP contribution is -2.27. The highest BCUT2D eigenvalue weighted by atomic mass is 32.1. The molecule has 1 aromatic heterocycles. The summed E-state index contributed by atoms with van der Waals surface area (Å²) < 4.78 is 11.0. The first-order valence-electron chi connectivity index (χ1n) is 12.3. The van der Waals surface area contributed by atoms with Gasteiger partial charge in [0.05, 0.1) is 19.9 Å². The van der Waals surface area contributed by atoms with Crippen LogP contribution in [0.25, 0.3) is 11.3 Å². The number of hydrogen-bond acceptors (Lipinski definition) is 6. The molecule has 0 radical (unpaired) electrons. The van der Waals surface area contributed by atoms with Gasteiger partial charge in [0.25, 0.3) is 5.91 Å². The highest BCUT2D eigenvalue weighted by molar-refractivity contribution is 7.14. The molecule has 1 amide bonds. The van der Waals surface area contributed by atoms with Gasteiger partial charge in [0.15, 0.2) is 5.13 Å². The smallest absolute Gasteiger partial charge is 0.251 e. The Morgan fingerprint density at radius 2 is 1.65 bits per heavy atom. The van der Waals surface area contributed by atoms with Gasteiger partial charge in [-0.05, 0) is 47.4 Å². The van der Waals surface area contributed by atoms with Crippen LogP contribution in [0.1, 0.15) is 35.3 Å². The molecule has 0 spiro atoms. The summed E-state index contributed by atoms with van der Waals surface area (Å²) >= 11 is 1.60. The van der Waals surface area contributed by atoms with E-state index < -0.39 is 0 Å². The highest BCUT2D eigenvalue weighted by Crippen LogP contribution is 2.36. The molecule has 0 fully saturated rings. The van der Waals surface area contributed by atoms with E-state index in [2.05, 4.69) is 36.2 Å². The molecule has 4 rings (SSSR count). The van der Waals surface area contributed by atoms with Crippen LogP contribution in [0.15, 0.2) is 78.2 Å². The number of benzene rings is 3. The number of hydrogen-bond donors (Lipinski definition) is 1. The van der Waals surface area contributed by atoms with Crippen molar-refractivity contribution in [3.8, 4) is 22.8 Å². The molecule has 1 N–H and O–H groups in total. The van der Waals surface area contributed by atoms with Crippen molar-refractivity contribution < 1.29 is 14.3 Å². The number of rotatable bonds is 11. The van der Waals surface area contributed by atoms with Gasteiger partial charge in [0.1, 0.15) is 11.5 Å². The van der Waals surface area contributed by atoms with Crippen LogP contribution in [0.2, 0.25) is 0 Å². The number of anilines is 1. The number of nitrogens with one attached hydrogen (secondary N) is 1. The minimum Gasteiger partial charge on any atom is -0.497 e. The quantitative estimate of drug-likeness (QED) is 0.250. The zero-order valence-electron chi connectivity index (χ0n) is 21.7. The molecule has 1 heterocycles. The number of nitrogens with zero attached hydrogens (tertiary/aromatic N) is 2. The van der Waals surface area contributed by atoms with Gasteiger partial charge >= 0.3 is 0 Å². The third-order valence-corrected chi connectivity index (χ3v) is 6.82. The SMILES string of the molecule is COc1ccc(OC)c(-c2csc(N(Cc3ccccc3)Cc3ccc(C(=O)NCC(C)C)cc3)n2)c1. The van der Waals surface area contributed by atoms with Crippen LogP contribution in [0.4, 0.5) is 5.13 Å². The molecule has 7 heteroatoms. The maximum Gasteiger partial charge on any atom is 0.251 e. The Bertz CT molecular complexity index is 1300. The Labute approximate surface area is 222 Å². The zero-order chi connectivity index (χ0) is 26.2. The lowest BCUT2D eigenvalue weighted by molar-refractivity contribution is 0.0949. The zero-order valence-corrected chi connectivity index (χ0v) is 22.5. The van der Waals surface area contributed by atoms with Crippen molar-refractivity contribution in [2.75, 3.05) is 25.7 Å². The number of carbonyl (C=O) groups excluding carboxylic acids is 1. The second-order valence-electron chi connectivity index (χ2n) is 9.22. The standard InChI is InChI=1S/C30H33N3O3S/c1-21(2)17-31-29(34)24-12-10-23(11-13-24)19-33(18-22-8-6-5-7-9-22)30-32-27(20-37-30)26-16-25(35-3)14-15-28(26)36-4/h5-16,20-21H,17-19H2,1-4H3,(H,31,34). The summed E-state index contributed by atoms with van der Waals surface area (Å²) in [5.74, 6) is 1.87. The van der Waals surface area contributed by atoms with Gasteiger partial charge in [-0.3, -0.25) is 4.79 Å². The Hall–Kier alpha value is -3.84. The third kappa shape index (κ3) is 6.89. The van der Waals surface area contributed by atoms with Gasteiger partial charge in [-0.15, -0.1) is 11.3 Å². The molecule has 192 valence electrons. The molecular formula is C30H33N3O3S. The van der Waals surface area contributed by atoms with E-state index in [0.717, 1.165) is 33.5 Å². The summed E-state index contributed by atoms with van der Waals surface area (Å²) in [7, 11) is 3.31. The van der Waals surface area contributed by atoms with Gasteiger partial charge < -0.3 is 19.7 Å². The van der Waals surface area contributed by atoms with Crippen LogP contribution in [0.5, 0.6) is 11.5 Å². The van der Waals surface area contributed by atoms with Gasteiger partial charge in [-0.2, -0.15) is 0 Å². The molecule has 0 unspecified atom stereocenters. The molecule has 0 saturated heterocycles. The summed E-state index contributed by atoms with van der Waals surface area (Å²) in [6.45, 7) is 6.19. The molecule has 0 aliphatic heterocycles. The summed E-state index contributed by atoms with van der Waals surface area (Å²) in [6, 6.07) is 23.9. The second kappa shape index (κ2) is 12.4. The Kier molecular flexibility index (Phi) is 8.80. The number of aromatic nitrogens is 1. The normalized spacial score (nSPS) is 10.8. The van der Waals surface area contributed by atoms with Crippen LogP contribution in [0, 0.1) is 5.92 Å². The van der Waals surface area contributed by atoms with Crippen molar-refractivity contribution in [3.63, 3.8) is 0 Å². The van der Waals surface area contributed by atoms with Crippen LogP contribution in [0.3, 0.4) is 0 Å². The summed E-state index contributed by atoms with van der Waals surface area (Å²) in [4.78, 5) is 19.7. The van der Waals surface area contributed by atoms with E-state index in [1.165, 1.54) is 5.56 Å². The van der Waals surface area contributed by atoms with Crippen LogP contribution in [-0.2, 0) is 13.1 Å². The monoisotopic (exact) mass is 515 g/mol. The predicted octanol–water partition coefficient (Wildman–Crippen LogP) is 6.42. The van der Waals surface area contributed by atoms with E-state index in [1.807, 2.05) is 66.0 Å². The predicted molar refractivity (Wildman–Crippen MR) is 151 cm³/mol. The van der Waals surface area contributed by atoms with Crippen molar-refractivity contribution in [1.82, 2.24) is 10.3 Å². The number of carbonyl (C=O) groups is 1. The van der Waals surface area contributed by atoms with Gasteiger partial charge in [0, 0.05) is 36.1 Å². The van der Waals surface area contributed by atoms with Gasteiger partial charge in [-0.1, -0.05) is 56.3 Å². The molecule has 0 saturated carbocycles. The van der Waals surface area contributed by atoms with Crippen LogP contribution >= 0.6 is 11.3 Å². The third-order valence-electron chi connectivity index (χ3n) is 5.92. The highest BCUT2D eigenvalue weighted by Gasteiger charge is 2.17. The molecule has 3 aromatic carbocycles. The van der Waals surface area contributed by atoms with Gasteiger partial charge in [-0.25, -0.2) is 4.98 Å². The van der Waals surface area contributed by atoms with Crippen molar-refractivity contribution in [2.24, 2.45) is 5.92 Å². The van der Waals surface area contributed by atoms with Crippen LogP contribution in [-0.4, -0.2) is 31.7 Å². The number of methoxy groups -OCH3 is 2. The first-order valence-corrected chi connectivity index (χ1v) is 13.2. The molecule has 4 aromatic rings. The fraction of sp³-hybridized carbons (Fsp3) is 0.267. The second-order valence-corrected chi connectivity index (χ2v) is 10.1. The summed E-state index contributed by atoms with van der Waals surface area (Å²) in [5, 5.41) is 5.93. The Morgan fingerprint density at radius 1 is 0.946 bits per heavy atom. The minimum atomic E-state index is -0.0433. The van der Waals surface area contributed by atoms with E-state index in [1.54, 1.807) is 25.6 Å². The summed E-state index contributed by atoms with van der Waals surface area (Å²) in [5.41, 5.74) is 4.70. The maximum atomic E-state index is 12.4. The largest absolute Gasteiger partial charge is 0.497 e. The van der Waals surface area contributed by atoms with Crippen molar-refractivity contribution in [2.45, 2.75) is 26.9 Å². The molecular weight excluding hydrogens is 482 g/mol. The molecule has 0 aliphatic rings. The van der Waals surface area contributed by atoms with E-state index in [-0.39, 0.29) is 5.91 Å². The molecule has 0 aliphatic carbocycles. The Morgan fingerprint density at radius 3 is 2.30 bits per heavy atom. The number of amides is 1. The lowest BCUT2D eigenvalue weighted by atomic mass is 10.1. The van der Waals surface area contributed by atoms with Crippen molar-refractivity contribution in [1.29, 1.82) is 0 Å². The van der Waals surface area contributed by atoms with E-state index in [0.29, 0.717) is 31.1 Å². The first-order chi connectivity index (χ1) is 18.0. The summed E-state index contributed by atoms with van der Waals surface area (Å²) in [6.07, 6.45) is 0. The average Bonchev–Trinajstić information content (AvgIpc) is 3.42. The Balaban J connectivity index is 1.59. The van der Waals surface area contributed by atoms with E-state index in [4.69, 9.17) is 14.5 Å². The fourth-order valence-corrected chi connectivity index (χ4v) is 4.75. The lowest BCUT2D eigenvalue weighted by Gasteiger charge is -2.22. The number of thiazole rings is 1. The van der Waals surface area contributed by atoms with E-state index in [9.17, 15) is 4.79 Å². The molecule has 0 bridgehead atoms. The van der Waals surface area contributed by atoms with Crippen molar-refractivity contribution >= 4 is 22.4 Å². The maximum absolute atomic E-state index is 12.4. The fourth-order valence-electron chi connectivity index (χ4n) is 3.92. The molecule has 0 atom stereocenters. The average molecular weight is 516 g/mol. The molecule has 6 nitrogen and oxygen atoms in total. The van der Waals surface area contributed by atoms with Gasteiger partial charge in [0.2, 0.25) is 0 Å². The van der Waals surface area contributed by atoms with Crippen molar-refractivity contribution in [3.05, 3.63) is 94.9 Å². The van der Waals surface area contributed by atoms with Crippen LogP contribution < -0.4 is 19.7 Å².